The molecular formula is C14H20N2O3. The Morgan fingerprint density at radius 2 is 1.84 bits per heavy atom. The Balaban J connectivity index is 2.47. The predicted molar refractivity (Wildman–Crippen MR) is 73.6 cm³/mol. The van der Waals surface area contributed by atoms with Crippen LogP contribution in [0.2, 0.25) is 0 Å². The number of anilines is 1. The average Bonchev–Trinajstić information content (AvgIpc) is 2.34. The number of carboxylic acid groups (broad SMARTS) is 1. The molecule has 0 fully saturated rings. The zero-order chi connectivity index (χ0) is 14.4. The first-order valence-corrected chi connectivity index (χ1v) is 6.26. The molecule has 0 spiro atoms. The van der Waals surface area contributed by atoms with Crippen LogP contribution in [-0.2, 0) is 16.0 Å². The monoisotopic (exact) mass is 264 g/mol. The molecule has 1 rings (SSSR count). The Labute approximate surface area is 112 Å². The topological polar surface area (TPSA) is 92.4 Å². The summed E-state index contributed by atoms with van der Waals surface area (Å²) in [7, 11) is 0. The number of benzene rings is 1. The highest BCUT2D eigenvalue weighted by Crippen LogP contribution is 2.08. The van der Waals surface area contributed by atoms with Crippen LogP contribution in [0, 0.1) is 5.92 Å². The van der Waals surface area contributed by atoms with E-state index >= 15 is 0 Å². The fourth-order valence-electron chi connectivity index (χ4n) is 1.70. The molecule has 5 heteroatoms. The summed E-state index contributed by atoms with van der Waals surface area (Å²) in [6.07, 6.45) is 0.830. The first-order chi connectivity index (χ1) is 8.90. The van der Waals surface area contributed by atoms with E-state index in [2.05, 4.69) is 5.32 Å². The van der Waals surface area contributed by atoms with Crippen molar-refractivity contribution < 1.29 is 14.7 Å². The second-order valence-corrected chi connectivity index (χ2v) is 4.87. The van der Waals surface area contributed by atoms with Crippen LogP contribution in [0.5, 0.6) is 0 Å². The molecule has 0 saturated carbocycles. The van der Waals surface area contributed by atoms with E-state index in [1.807, 2.05) is 12.1 Å². The highest BCUT2D eigenvalue weighted by Gasteiger charge is 2.22. The second kappa shape index (κ2) is 6.78. The van der Waals surface area contributed by atoms with E-state index in [1.54, 1.807) is 26.0 Å². The fourth-order valence-corrected chi connectivity index (χ4v) is 1.70. The minimum atomic E-state index is -1.00. The molecule has 1 aromatic rings. The third kappa shape index (κ3) is 4.99. The van der Waals surface area contributed by atoms with Crippen molar-refractivity contribution in [2.24, 2.45) is 5.92 Å². The van der Waals surface area contributed by atoms with Crippen molar-refractivity contribution in [1.29, 1.82) is 0 Å². The summed E-state index contributed by atoms with van der Waals surface area (Å²) in [5.74, 6) is -1.40. The second-order valence-electron chi connectivity index (χ2n) is 4.87. The van der Waals surface area contributed by atoms with E-state index in [0.717, 1.165) is 5.56 Å². The number of nitrogen functional groups attached to an aromatic ring is 1. The van der Waals surface area contributed by atoms with Gasteiger partial charge in [0.15, 0.2) is 0 Å². The minimum Gasteiger partial charge on any atom is -0.480 e. The molecule has 0 bridgehead atoms. The number of nitrogens with one attached hydrogen (secondary N) is 1. The fraction of sp³-hybridized carbons (Fsp3) is 0.429. The molecule has 5 nitrogen and oxygen atoms in total. The SMILES string of the molecule is CC(C)C(NC(=O)CCc1ccc(N)cc1)C(=O)O. The Bertz CT molecular complexity index is 441. The van der Waals surface area contributed by atoms with Crippen molar-refractivity contribution in [3.05, 3.63) is 29.8 Å². The van der Waals surface area contributed by atoms with Crippen LogP contribution in [0.1, 0.15) is 25.8 Å². The normalized spacial score (nSPS) is 12.2. The number of carbonyl (C=O) groups excluding carboxylic acids is 1. The van der Waals surface area contributed by atoms with Crippen LogP contribution >= 0.6 is 0 Å². The van der Waals surface area contributed by atoms with Crippen LogP contribution in [-0.4, -0.2) is 23.0 Å². The van der Waals surface area contributed by atoms with Gasteiger partial charge in [0.05, 0.1) is 0 Å². The Hall–Kier alpha value is -2.04. The van der Waals surface area contributed by atoms with Gasteiger partial charge in [-0.25, -0.2) is 4.79 Å². The van der Waals surface area contributed by atoms with Gasteiger partial charge in [0, 0.05) is 12.1 Å². The molecule has 0 aliphatic rings. The van der Waals surface area contributed by atoms with Crippen molar-refractivity contribution in [3.8, 4) is 0 Å². The lowest BCUT2D eigenvalue weighted by molar-refractivity contribution is -0.143. The molecule has 0 aliphatic heterocycles. The van der Waals surface area contributed by atoms with Crippen molar-refractivity contribution in [2.45, 2.75) is 32.7 Å². The maximum Gasteiger partial charge on any atom is 0.326 e. The Morgan fingerprint density at radius 3 is 2.32 bits per heavy atom. The first-order valence-electron chi connectivity index (χ1n) is 6.26. The molecule has 0 aromatic heterocycles. The highest BCUT2D eigenvalue weighted by molar-refractivity contribution is 5.83. The van der Waals surface area contributed by atoms with Gasteiger partial charge in [-0.3, -0.25) is 4.79 Å². The van der Waals surface area contributed by atoms with E-state index in [-0.39, 0.29) is 18.2 Å². The molecule has 1 atom stereocenters. The van der Waals surface area contributed by atoms with Gasteiger partial charge in [0.1, 0.15) is 6.04 Å². The van der Waals surface area contributed by atoms with E-state index in [4.69, 9.17) is 10.8 Å². The number of carbonyl (C=O) groups is 2. The summed E-state index contributed by atoms with van der Waals surface area (Å²) >= 11 is 0. The number of hydrogen-bond acceptors (Lipinski definition) is 3. The lowest BCUT2D eigenvalue weighted by atomic mass is 10.0. The maximum atomic E-state index is 11.7. The summed E-state index contributed by atoms with van der Waals surface area (Å²) in [6.45, 7) is 3.53. The quantitative estimate of drug-likeness (QED) is 0.678. The molecule has 0 saturated heterocycles. The number of rotatable bonds is 6. The lowest BCUT2D eigenvalue weighted by Crippen LogP contribution is -2.44. The summed E-state index contributed by atoms with van der Waals surface area (Å²) in [5, 5.41) is 11.5. The zero-order valence-corrected chi connectivity index (χ0v) is 11.2. The van der Waals surface area contributed by atoms with Crippen molar-refractivity contribution >= 4 is 17.6 Å². The summed E-state index contributed by atoms with van der Waals surface area (Å²) in [4.78, 5) is 22.7. The third-order valence-corrected chi connectivity index (χ3v) is 2.87. The van der Waals surface area contributed by atoms with Gasteiger partial charge in [-0.1, -0.05) is 26.0 Å². The van der Waals surface area contributed by atoms with Crippen LogP contribution in [0.25, 0.3) is 0 Å². The largest absolute Gasteiger partial charge is 0.480 e. The van der Waals surface area contributed by atoms with Crippen LogP contribution in [0.3, 0.4) is 0 Å². The van der Waals surface area contributed by atoms with Crippen LogP contribution in [0.4, 0.5) is 5.69 Å². The van der Waals surface area contributed by atoms with Crippen LogP contribution < -0.4 is 11.1 Å². The van der Waals surface area contributed by atoms with Gasteiger partial charge in [0.25, 0.3) is 0 Å². The molecular weight excluding hydrogens is 244 g/mol. The van der Waals surface area contributed by atoms with Crippen molar-refractivity contribution in [1.82, 2.24) is 5.32 Å². The number of carboxylic acids is 1. The van der Waals surface area contributed by atoms with E-state index in [1.165, 1.54) is 0 Å². The summed E-state index contributed by atoms with van der Waals surface area (Å²) in [6, 6.07) is 6.45. The predicted octanol–water partition coefficient (Wildman–Crippen LogP) is 1.43. The molecule has 0 aliphatic carbocycles. The Kier molecular flexibility index (Phi) is 5.36. The number of aryl methyl sites for hydroxylation is 1. The van der Waals surface area contributed by atoms with Crippen molar-refractivity contribution in [3.63, 3.8) is 0 Å². The highest BCUT2D eigenvalue weighted by atomic mass is 16.4. The third-order valence-electron chi connectivity index (χ3n) is 2.87. The molecule has 19 heavy (non-hydrogen) atoms. The first kappa shape index (κ1) is 15.0. The zero-order valence-electron chi connectivity index (χ0n) is 11.2. The molecule has 0 radical (unpaired) electrons. The molecule has 104 valence electrons. The van der Waals surface area contributed by atoms with E-state index < -0.39 is 12.0 Å². The van der Waals surface area contributed by atoms with Crippen molar-refractivity contribution in [2.75, 3.05) is 5.73 Å². The van der Waals surface area contributed by atoms with Gasteiger partial charge >= 0.3 is 5.97 Å². The van der Waals surface area contributed by atoms with Crippen LogP contribution in [0.15, 0.2) is 24.3 Å². The average molecular weight is 264 g/mol. The van der Waals surface area contributed by atoms with Gasteiger partial charge in [0.2, 0.25) is 5.91 Å². The van der Waals surface area contributed by atoms with Gasteiger partial charge in [-0.05, 0) is 30.0 Å². The summed E-state index contributed by atoms with van der Waals surface area (Å²) in [5.41, 5.74) is 7.25. The number of nitrogens with two attached hydrogens (primary N) is 1. The number of hydrogen-bond donors (Lipinski definition) is 3. The summed E-state index contributed by atoms with van der Waals surface area (Å²) < 4.78 is 0. The maximum absolute atomic E-state index is 11.7. The molecule has 1 amide bonds. The number of amides is 1. The standard InChI is InChI=1S/C14H20N2O3/c1-9(2)13(14(18)19)16-12(17)8-5-10-3-6-11(15)7-4-10/h3-4,6-7,9,13H,5,8,15H2,1-2H3,(H,16,17)(H,18,19). The molecule has 1 unspecified atom stereocenters. The van der Waals surface area contributed by atoms with E-state index in [9.17, 15) is 9.59 Å². The smallest absolute Gasteiger partial charge is 0.326 e. The Morgan fingerprint density at radius 1 is 1.26 bits per heavy atom. The van der Waals surface area contributed by atoms with Gasteiger partial charge in [-0.15, -0.1) is 0 Å². The molecule has 0 heterocycles. The number of aliphatic carboxylic acids is 1. The van der Waals surface area contributed by atoms with Gasteiger partial charge in [-0.2, -0.15) is 0 Å². The van der Waals surface area contributed by atoms with Gasteiger partial charge < -0.3 is 16.2 Å². The molecule has 4 N–H and O–H groups in total. The molecule has 1 aromatic carbocycles. The minimum absolute atomic E-state index is 0.141. The lowest BCUT2D eigenvalue weighted by Gasteiger charge is -2.17. The van der Waals surface area contributed by atoms with E-state index in [0.29, 0.717) is 12.1 Å².